The second-order valence-electron chi connectivity index (χ2n) is 9.02. The van der Waals surface area contributed by atoms with Crippen LogP contribution >= 0.6 is 11.6 Å². The number of halogens is 1. The van der Waals surface area contributed by atoms with Crippen molar-refractivity contribution >= 4 is 27.7 Å². The number of benzene rings is 3. The third-order valence-electron chi connectivity index (χ3n) is 6.58. The molecular formula is C27H25ClN4O3S. The summed E-state index contributed by atoms with van der Waals surface area (Å²) in [6.45, 7) is 3.61. The normalized spacial score (nSPS) is 19.0. The van der Waals surface area contributed by atoms with E-state index in [0.717, 1.165) is 16.8 Å². The lowest BCUT2D eigenvalue weighted by molar-refractivity contribution is 0.239. The van der Waals surface area contributed by atoms with Gasteiger partial charge < -0.3 is 9.88 Å². The molecule has 2 atom stereocenters. The number of carbonyl (C=O) groups excluding carboxylic acids is 1. The molecule has 36 heavy (non-hydrogen) atoms. The fourth-order valence-corrected chi connectivity index (χ4v) is 5.96. The molecule has 1 fully saturated rings. The van der Waals surface area contributed by atoms with E-state index < -0.39 is 21.6 Å². The Morgan fingerprint density at radius 3 is 2.47 bits per heavy atom. The highest BCUT2D eigenvalue weighted by Crippen LogP contribution is 2.58. The van der Waals surface area contributed by atoms with Crippen LogP contribution in [-0.2, 0) is 15.6 Å². The maximum atomic E-state index is 13.2. The number of nitrogens with one attached hydrogen (secondary N) is 2. The number of urea groups is 1. The summed E-state index contributed by atoms with van der Waals surface area (Å²) < 4.78 is 30.0. The Balaban J connectivity index is 1.51. The van der Waals surface area contributed by atoms with E-state index in [0.29, 0.717) is 22.8 Å². The molecule has 4 aromatic rings. The van der Waals surface area contributed by atoms with Crippen LogP contribution in [-0.4, -0.2) is 24.0 Å². The Morgan fingerprint density at radius 1 is 1.03 bits per heavy atom. The van der Waals surface area contributed by atoms with Crippen LogP contribution in [0.15, 0.2) is 90.1 Å². The van der Waals surface area contributed by atoms with Gasteiger partial charge in [0.15, 0.2) is 0 Å². The summed E-state index contributed by atoms with van der Waals surface area (Å²) in [5.41, 5.74) is 2.41. The van der Waals surface area contributed by atoms with Gasteiger partial charge in [0, 0.05) is 29.0 Å². The SMILES string of the molecule is Cc1ccc(-n2ccnc2C2(NC(=O)NS(=O)(=O)c3ccccc3C)C[C@@H]2c2ccccc2)cc1Cl. The summed E-state index contributed by atoms with van der Waals surface area (Å²) in [6, 6.07) is 21.2. The van der Waals surface area contributed by atoms with E-state index in [1.54, 1.807) is 31.3 Å². The van der Waals surface area contributed by atoms with E-state index in [2.05, 4.69) is 15.0 Å². The number of imidazole rings is 1. The molecule has 0 saturated heterocycles. The molecule has 0 spiro atoms. The van der Waals surface area contributed by atoms with E-state index in [-0.39, 0.29) is 10.8 Å². The number of hydrogen-bond acceptors (Lipinski definition) is 4. The summed E-state index contributed by atoms with van der Waals surface area (Å²) in [5.74, 6) is 0.507. The van der Waals surface area contributed by atoms with Crippen LogP contribution in [0.2, 0.25) is 5.02 Å². The summed E-state index contributed by atoms with van der Waals surface area (Å²) in [5, 5.41) is 3.57. The van der Waals surface area contributed by atoms with Crippen LogP contribution in [0.4, 0.5) is 4.79 Å². The van der Waals surface area contributed by atoms with Crippen molar-refractivity contribution in [2.75, 3.05) is 0 Å². The maximum absolute atomic E-state index is 13.2. The molecule has 1 aliphatic rings. The van der Waals surface area contributed by atoms with Crippen molar-refractivity contribution in [3.63, 3.8) is 0 Å². The molecule has 2 N–H and O–H groups in total. The molecule has 9 heteroatoms. The van der Waals surface area contributed by atoms with Crippen LogP contribution < -0.4 is 10.0 Å². The standard InChI is InChI=1S/C27H25ClN4O3S/c1-18-12-13-21(16-23(18)28)32-15-14-29-25(32)27(17-22(27)20-9-4-3-5-10-20)30-26(33)31-36(34,35)24-11-7-6-8-19(24)2/h3-16,22H,17H2,1-2H3,(H2,30,31,33)/t22-,27?/m1/s1. The summed E-state index contributed by atoms with van der Waals surface area (Å²) in [7, 11) is -4.07. The summed E-state index contributed by atoms with van der Waals surface area (Å²) in [4.78, 5) is 17.8. The quantitative estimate of drug-likeness (QED) is 0.365. The predicted molar refractivity (Wildman–Crippen MR) is 139 cm³/mol. The molecule has 0 aliphatic heterocycles. The third kappa shape index (κ3) is 4.38. The van der Waals surface area contributed by atoms with Crippen molar-refractivity contribution in [2.45, 2.75) is 36.6 Å². The van der Waals surface area contributed by atoms with Crippen LogP contribution in [0.25, 0.3) is 5.69 Å². The molecule has 0 radical (unpaired) electrons. The van der Waals surface area contributed by atoms with Crippen molar-refractivity contribution in [1.82, 2.24) is 19.6 Å². The second-order valence-corrected chi connectivity index (χ2v) is 11.1. The zero-order chi connectivity index (χ0) is 25.5. The van der Waals surface area contributed by atoms with E-state index in [1.807, 2.05) is 66.2 Å². The average Bonchev–Trinajstić information content (AvgIpc) is 3.33. The molecule has 3 aromatic carbocycles. The second kappa shape index (κ2) is 9.11. The Kier molecular flexibility index (Phi) is 6.10. The van der Waals surface area contributed by atoms with Crippen LogP contribution in [0.1, 0.15) is 34.9 Å². The van der Waals surface area contributed by atoms with Crippen molar-refractivity contribution < 1.29 is 13.2 Å². The van der Waals surface area contributed by atoms with Crippen LogP contribution in [0.5, 0.6) is 0 Å². The fourth-order valence-electron chi connectivity index (χ4n) is 4.63. The van der Waals surface area contributed by atoms with Gasteiger partial charge in [-0.15, -0.1) is 0 Å². The van der Waals surface area contributed by atoms with E-state index in [4.69, 9.17) is 11.6 Å². The maximum Gasteiger partial charge on any atom is 0.329 e. The van der Waals surface area contributed by atoms with Crippen molar-refractivity contribution in [3.8, 4) is 5.69 Å². The minimum Gasteiger partial charge on any atom is -0.324 e. The lowest BCUT2D eigenvalue weighted by Gasteiger charge is -2.22. The minimum absolute atomic E-state index is 0.0559. The first-order valence-corrected chi connectivity index (χ1v) is 13.3. The van der Waals surface area contributed by atoms with Crippen molar-refractivity contribution in [3.05, 3.63) is 113 Å². The van der Waals surface area contributed by atoms with Crippen LogP contribution in [0, 0.1) is 13.8 Å². The molecule has 1 unspecified atom stereocenters. The van der Waals surface area contributed by atoms with Gasteiger partial charge in [-0.25, -0.2) is 22.9 Å². The number of nitrogens with zero attached hydrogens (tertiary/aromatic N) is 2. The predicted octanol–water partition coefficient (Wildman–Crippen LogP) is 5.21. The lowest BCUT2D eigenvalue weighted by Crippen LogP contribution is -2.46. The highest BCUT2D eigenvalue weighted by Gasteiger charge is 2.60. The summed E-state index contributed by atoms with van der Waals surface area (Å²) >= 11 is 6.39. The molecule has 1 saturated carbocycles. The number of amides is 2. The molecule has 184 valence electrons. The number of carbonyl (C=O) groups is 1. The number of aromatic nitrogens is 2. The molecule has 0 bridgehead atoms. The topological polar surface area (TPSA) is 93.1 Å². The van der Waals surface area contributed by atoms with Gasteiger partial charge in [-0.05, 0) is 55.2 Å². The Bertz CT molecular complexity index is 1550. The van der Waals surface area contributed by atoms with Crippen molar-refractivity contribution in [1.29, 1.82) is 0 Å². The van der Waals surface area contributed by atoms with Crippen molar-refractivity contribution in [2.24, 2.45) is 0 Å². The fraction of sp³-hybridized carbons (Fsp3) is 0.185. The first-order valence-electron chi connectivity index (χ1n) is 11.5. The lowest BCUT2D eigenvalue weighted by atomic mass is 10.1. The molecular weight excluding hydrogens is 496 g/mol. The summed E-state index contributed by atoms with van der Waals surface area (Å²) in [6.07, 6.45) is 4.03. The highest BCUT2D eigenvalue weighted by atomic mass is 35.5. The molecule has 1 aliphatic carbocycles. The third-order valence-corrected chi connectivity index (χ3v) is 8.48. The smallest absolute Gasteiger partial charge is 0.324 e. The number of sulfonamides is 1. The largest absolute Gasteiger partial charge is 0.329 e. The van der Waals surface area contributed by atoms with Gasteiger partial charge in [-0.2, -0.15) is 0 Å². The molecule has 1 aromatic heterocycles. The molecule has 7 nitrogen and oxygen atoms in total. The van der Waals surface area contributed by atoms with Crippen LogP contribution in [0.3, 0.4) is 0 Å². The molecule has 5 rings (SSSR count). The van der Waals surface area contributed by atoms with E-state index >= 15 is 0 Å². The first kappa shape index (κ1) is 24.1. The number of hydrogen-bond donors (Lipinski definition) is 2. The Labute approximate surface area is 215 Å². The minimum atomic E-state index is -4.07. The van der Waals surface area contributed by atoms with E-state index in [1.165, 1.54) is 6.07 Å². The highest BCUT2D eigenvalue weighted by molar-refractivity contribution is 7.90. The van der Waals surface area contributed by atoms with Gasteiger partial charge in [-0.3, -0.25) is 0 Å². The van der Waals surface area contributed by atoms with Gasteiger partial charge in [0.1, 0.15) is 11.4 Å². The number of aryl methyl sites for hydroxylation is 2. The van der Waals surface area contributed by atoms with Gasteiger partial charge in [0.2, 0.25) is 0 Å². The Morgan fingerprint density at radius 2 is 1.75 bits per heavy atom. The van der Waals surface area contributed by atoms with Gasteiger partial charge >= 0.3 is 6.03 Å². The number of rotatable bonds is 6. The van der Waals surface area contributed by atoms with E-state index in [9.17, 15) is 13.2 Å². The first-order chi connectivity index (χ1) is 17.2. The Hall–Kier alpha value is -3.62. The van der Waals surface area contributed by atoms with Gasteiger partial charge in [0.05, 0.1) is 4.90 Å². The molecule has 1 heterocycles. The monoisotopic (exact) mass is 520 g/mol. The van der Waals surface area contributed by atoms with Gasteiger partial charge in [0.25, 0.3) is 10.0 Å². The average molecular weight is 521 g/mol. The zero-order valence-corrected chi connectivity index (χ0v) is 21.3. The molecule has 2 amide bonds. The zero-order valence-electron chi connectivity index (χ0n) is 19.8. The van der Waals surface area contributed by atoms with Gasteiger partial charge in [-0.1, -0.05) is 66.2 Å².